The smallest absolute Gasteiger partial charge is 0.0954 e. The molecule has 3 rings (SSSR count). The standard InChI is InChI=1S/C18H28N2O/c1-2-14-7-9-20(16(11-14)12-19)13-18-17-6-4-3-5-15(17)8-10-21-18/h3-6,14,16,18H,2,7-13,19H2,1H3. The number of piperidine rings is 1. The second-order valence-electron chi connectivity index (χ2n) is 6.49. The van der Waals surface area contributed by atoms with Gasteiger partial charge in [-0.25, -0.2) is 0 Å². The number of nitrogens with zero attached hydrogens (tertiary/aromatic N) is 1. The van der Waals surface area contributed by atoms with Gasteiger partial charge in [-0.15, -0.1) is 0 Å². The van der Waals surface area contributed by atoms with Crippen LogP contribution in [0.4, 0.5) is 0 Å². The van der Waals surface area contributed by atoms with Gasteiger partial charge in [0.2, 0.25) is 0 Å². The lowest BCUT2D eigenvalue weighted by molar-refractivity contribution is -0.00617. The molecule has 2 heterocycles. The third kappa shape index (κ3) is 3.31. The molecule has 3 heteroatoms. The molecule has 0 radical (unpaired) electrons. The molecule has 2 aliphatic rings. The lowest BCUT2D eigenvalue weighted by Crippen LogP contribution is -2.48. The number of fused-ring (bicyclic) bond motifs is 1. The Morgan fingerprint density at radius 1 is 1.33 bits per heavy atom. The number of hydrogen-bond acceptors (Lipinski definition) is 3. The highest BCUT2D eigenvalue weighted by Gasteiger charge is 2.30. The summed E-state index contributed by atoms with van der Waals surface area (Å²) in [5.41, 5.74) is 8.87. The zero-order chi connectivity index (χ0) is 14.7. The van der Waals surface area contributed by atoms with Crippen LogP contribution < -0.4 is 5.73 Å². The van der Waals surface area contributed by atoms with E-state index in [1.54, 1.807) is 0 Å². The summed E-state index contributed by atoms with van der Waals surface area (Å²) in [5.74, 6) is 0.856. The molecule has 0 spiro atoms. The van der Waals surface area contributed by atoms with Crippen molar-refractivity contribution in [2.24, 2.45) is 11.7 Å². The summed E-state index contributed by atoms with van der Waals surface area (Å²) in [6, 6.07) is 9.27. The molecule has 21 heavy (non-hydrogen) atoms. The summed E-state index contributed by atoms with van der Waals surface area (Å²) in [7, 11) is 0. The summed E-state index contributed by atoms with van der Waals surface area (Å²) in [6.07, 6.45) is 5.11. The van der Waals surface area contributed by atoms with Gasteiger partial charge in [-0.05, 0) is 42.9 Å². The van der Waals surface area contributed by atoms with E-state index in [1.807, 2.05) is 0 Å². The largest absolute Gasteiger partial charge is 0.372 e. The Kier molecular flexibility index (Phi) is 4.94. The van der Waals surface area contributed by atoms with Gasteiger partial charge < -0.3 is 10.5 Å². The quantitative estimate of drug-likeness (QED) is 0.926. The molecule has 2 aliphatic heterocycles. The van der Waals surface area contributed by atoms with Crippen LogP contribution in [0.5, 0.6) is 0 Å². The fourth-order valence-corrected chi connectivity index (χ4v) is 3.88. The van der Waals surface area contributed by atoms with Crippen LogP contribution in [0.15, 0.2) is 24.3 Å². The van der Waals surface area contributed by atoms with Crippen LogP contribution in [-0.4, -0.2) is 37.2 Å². The van der Waals surface area contributed by atoms with Crippen molar-refractivity contribution in [3.05, 3.63) is 35.4 Å². The summed E-state index contributed by atoms with van der Waals surface area (Å²) < 4.78 is 6.07. The molecule has 3 atom stereocenters. The van der Waals surface area contributed by atoms with Crippen molar-refractivity contribution in [3.63, 3.8) is 0 Å². The van der Waals surface area contributed by atoms with E-state index in [4.69, 9.17) is 10.5 Å². The lowest BCUT2D eigenvalue weighted by Gasteiger charge is -2.41. The van der Waals surface area contributed by atoms with Crippen LogP contribution in [0.1, 0.15) is 43.4 Å². The number of hydrogen-bond donors (Lipinski definition) is 1. The maximum absolute atomic E-state index is 6.07. The van der Waals surface area contributed by atoms with Crippen molar-refractivity contribution in [3.8, 4) is 0 Å². The first-order valence-corrected chi connectivity index (χ1v) is 8.45. The monoisotopic (exact) mass is 288 g/mol. The van der Waals surface area contributed by atoms with Gasteiger partial charge in [0.25, 0.3) is 0 Å². The Morgan fingerprint density at radius 2 is 2.19 bits per heavy atom. The third-order valence-corrected chi connectivity index (χ3v) is 5.29. The molecule has 1 fully saturated rings. The Balaban J connectivity index is 1.69. The van der Waals surface area contributed by atoms with Gasteiger partial charge in [0.15, 0.2) is 0 Å². The number of likely N-dealkylation sites (tertiary alicyclic amines) is 1. The normalized spacial score (nSPS) is 30.1. The fraction of sp³-hybridized carbons (Fsp3) is 0.667. The SMILES string of the molecule is CCC1CCN(CC2OCCc3ccccc32)C(CN)C1. The van der Waals surface area contributed by atoms with E-state index < -0.39 is 0 Å². The second-order valence-corrected chi connectivity index (χ2v) is 6.49. The van der Waals surface area contributed by atoms with Crippen LogP contribution in [0.3, 0.4) is 0 Å². The maximum atomic E-state index is 6.07. The van der Waals surface area contributed by atoms with Gasteiger partial charge in [-0.1, -0.05) is 37.6 Å². The highest BCUT2D eigenvalue weighted by atomic mass is 16.5. The number of rotatable bonds is 4. The van der Waals surface area contributed by atoms with Crippen LogP contribution in [0, 0.1) is 5.92 Å². The van der Waals surface area contributed by atoms with E-state index in [0.717, 1.165) is 32.0 Å². The minimum atomic E-state index is 0.224. The molecule has 3 nitrogen and oxygen atoms in total. The van der Waals surface area contributed by atoms with E-state index in [9.17, 15) is 0 Å². The molecule has 1 saturated heterocycles. The summed E-state index contributed by atoms with van der Waals surface area (Å²) in [4.78, 5) is 2.57. The highest BCUT2D eigenvalue weighted by molar-refractivity contribution is 5.31. The average Bonchev–Trinajstić information content (AvgIpc) is 2.55. The first kappa shape index (κ1) is 15.0. The fourth-order valence-electron chi connectivity index (χ4n) is 3.88. The minimum Gasteiger partial charge on any atom is -0.372 e. The predicted molar refractivity (Wildman–Crippen MR) is 86.3 cm³/mol. The van der Waals surface area contributed by atoms with Crippen molar-refractivity contribution < 1.29 is 4.74 Å². The Bertz CT molecular complexity index is 462. The lowest BCUT2D eigenvalue weighted by atomic mass is 9.88. The Labute approximate surface area is 128 Å². The zero-order valence-corrected chi connectivity index (χ0v) is 13.1. The first-order valence-electron chi connectivity index (χ1n) is 8.45. The van der Waals surface area contributed by atoms with Crippen molar-refractivity contribution in [2.75, 3.05) is 26.2 Å². The van der Waals surface area contributed by atoms with Crippen molar-refractivity contribution in [1.29, 1.82) is 0 Å². The molecule has 0 bridgehead atoms. The topological polar surface area (TPSA) is 38.5 Å². The van der Waals surface area contributed by atoms with Gasteiger partial charge in [0, 0.05) is 19.1 Å². The molecule has 0 saturated carbocycles. The first-order chi connectivity index (χ1) is 10.3. The van der Waals surface area contributed by atoms with Gasteiger partial charge in [-0.2, -0.15) is 0 Å². The van der Waals surface area contributed by atoms with E-state index in [1.165, 1.54) is 36.9 Å². The Morgan fingerprint density at radius 3 is 3.00 bits per heavy atom. The molecular formula is C18H28N2O. The molecule has 0 aliphatic carbocycles. The van der Waals surface area contributed by atoms with E-state index in [0.29, 0.717) is 6.04 Å². The molecule has 3 unspecified atom stereocenters. The summed E-state index contributed by atoms with van der Waals surface area (Å²) in [5, 5.41) is 0. The van der Waals surface area contributed by atoms with Crippen LogP contribution in [0.2, 0.25) is 0 Å². The van der Waals surface area contributed by atoms with Gasteiger partial charge in [0.05, 0.1) is 12.7 Å². The second kappa shape index (κ2) is 6.91. The number of ether oxygens (including phenoxy) is 1. The van der Waals surface area contributed by atoms with Crippen LogP contribution in [0.25, 0.3) is 0 Å². The van der Waals surface area contributed by atoms with E-state index in [-0.39, 0.29) is 6.10 Å². The Hall–Kier alpha value is -0.900. The zero-order valence-electron chi connectivity index (χ0n) is 13.1. The molecule has 0 amide bonds. The van der Waals surface area contributed by atoms with Crippen LogP contribution in [-0.2, 0) is 11.2 Å². The van der Waals surface area contributed by atoms with Crippen molar-refractivity contribution in [2.45, 2.75) is 44.8 Å². The number of benzene rings is 1. The molecule has 1 aromatic rings. The van der Waals surface area contributed by atoms with E-state index in [2.05, 4.69) is 36.1 Å². The third-order valence-electron chi connectivity index (χ3n) is 5.29. The van der Waals surface area contributed by atoms with Crippen molar-refractivity contribution in [1.82, 2.24) is 4.90 Å². The minimum absolute atomic E-state index is 0.224. The van der Waals surface area contributed by atoms with Gasteiger partial charge in [0.1, 0.15) is 0 Å². The molecular weight excluding hydrogens is 260 g/mol. The maximum Gasteiger partial charge on any atom is 0.0954 e. The molecule has 0 aromatic heterocycles. The average molecular weight is 288 g/mol. The van der Waals surface area contributed by atoms with E-state index >= 15 is 0 Å². The summed E-state index contributed by atoms with van der Waals surface area (Å²) >= 11 is 0. The van der Waals surface area contributed by atoms with Gasteiger partial charge in [-0.3, -0.25) is 4.90 Å². The molecule has 116 valence electrons. The van der Waals surface area contributed by atoms with Crippen LogP contribution >= 0.6 is 0 Å². The highest BCUT2D eigenvalue weighted by Crippen LogP contribution is 2.31. The number of nitrogens with two attached hydrogens (primary N) is 1. The predicted octanol–water partition coefficient (Wildman–Crippen LogP) is 2.75. The summed E-state index contributed by atoms with van der Waals surface area (Å²) in [6.45, 7) is 6.08. The molecule has 1 aromatic carbocycles. The molecule has 2 N–H and O–H groups in total. The van der Waals surface area contributed by atoms with Gasteiger partial charge >= 0.3 is 0 Å². The van der Waals surface area contributed by atoms with Crippen molar-refractivity contribution >= 4 is 0 Å².